The lowest BCUT2D eigenvalue weighted by atomic mass is 10.2. The van der Waals surface area contributed by atoms with Crippen molar-refractivity contribution in [3.8, 4) is 5.75 Å². The summed E-state index contributed by atoms with van der Waals surface area (Å²) in [5, 5.41) is 3.52. The van der Waals surface area contributed by atoms with Gasteiger partial charge in [0.25, 0.3) is 5.91 Å². The summed E-state index contributed by atoms with van der Waals surface area (Å²) in [6, 6.07) is 14.6. The molecule has 26 heavy (non-hydrogen) atoms. The maximum Gasteiger partial charge on any atom is 0.261 e. The van der Waals surface area contributed by atoms with Crippen molar-refractivity contribution in [2.75, 3.05) is 24.4 Å². The third-order valence-electron chi connectivity index (χ3n) is 3.75. The Kier molecular flexibility index (Phi) is 5.34. The van der Waals surface area contributed by atoms with Crippen LogP contribution in [0, 0.1) is 0 Å². The van der Waals surface area contributed by atoms with E-state index in [1.165, 1.54) is 12.4 Å². The van der Waals surface area contributed by atoms with Gasteiger partial charge < -0.3 is 15.0 Å². The number of hydrogen-bond donors (Lipinski definition) is 1. The maximum atomic E-state index is 12.5. The van der Waals surface area contributed by atoms with Crippen molar-refractivity contribution in [2.45, 2.75) is 0 Å². The highest BCUT2D eigenvalue weighted by Crippen LogP contribution is 2.28. The second-order valence-electron chi connectivity index (χ2n) is 5.47. The highest BCUT2D eigenvalue weighted by molar-refractivity contribution is 6.32. The number of ether oxygens (including phenoxy) is 1. The van der Waals surface area contributed by atoms with Crippen molar-refractivity contribution in [1.82, 2.24) is 9.97 Å². The van der Waals surface area contributed by atoms with Crippen LogP contribution in [-0.2, 0) is 0 Å². The smallest absolute Gasteiger partial charge is 0.261 e. The first kappa shape index (κ1) is 17.7. The predicted molar refractivity (Wildman–Crippen MR) is 102 cm³/mol. The first-order chi connectivity index (χ1) is 12.6. The molecule has 0 aliphatic carbocycles. The van der Waals surface area contributed by atoms with Gasteiger partial charge in [-0.15, -0.1) is 0 Å². The van der Waals surface area contributed by atoms with Crippen molar-refractivity contribution in [1.29, 1.82) is 0 Å². The van der Waals surface area contributed by atoms with E-state index in [-0.39, 0.29) is 5.91 Å². The number of nitrogens with zero attached hydrogens (tertiary/aromatic N) is 3. The Balaban J connectivity index is 1.72. The summed E-state index contributed by atoms with van der Waals surface area (Å²) < 4.78 is 5.12. The first-order valence-corrected chi connectivity index (χ1v) is 8.22. The highest BCUT2D eigenvalue weighted by Gasteiger charge is 2.14. The number of aromatic nitrogens is 2. The van der Waals surface area contributed by atoms with E-state index in [1.54, 1.807) is 37.3 Å². The standard InChI is InChI=1S/C19H17ClN4O2/c1-24(15-6-4-3-5-7-15)18(25)13-11-21-19(22-12-13)23-14-8-9-17(26-2)16(20)10-14/h3-12H,1-2H3,(H,21,22,23). The van der Waals surface area contributed by atoms with Gasteiger partial charge in [-0.05, 0) is 30.3 Å². The molecule has 0 saturated carbocycles. The summed E-state index contributed by atoms with van der Waals surface area (Å²) in [5.41, 5.74) is 1.92. The van der Waals surface area contributed by atoms with E-state index in [4.69, 9.17) is 16.3 Å². The van der Waals surface area contributed by atoms with Crippen LogP contribution in [0.1, 0.15) is 10.4 Å². The second kappa shape index (κ2) is 7.84. The van der Waals surface area contributed by atoms with Crippen LogP contribution in [0.25, 0.3) is 0 Å². The number of carbonyl (C=O) groups excluding carboxylic acids is 1. The molecule has 1 heterocycles. The summed E-state index contributed by atoms with van der Waals surface area (Å²) in [4.78, 5) is 22.5. The monoisotopic (exact) mass is 368 g/mol. The summed E-state index contributed by atoms with van der Waals surface area (Å²) >= 11 is 6.10. The van der Waals surface area contributed by atoms with Crippen LogP contribution in [0.15, 0.2) is 60.9 Å². The fourth-order valence-corrected chi connectivity index (χ4v) is 2.60. The average Bonchev–Trinajstić information content (AvgIpc) is 2.68. The second-order valence-corrected chi connectivity index (χ2v) is 5.88. The molecule has 1 amide bonds. The summed E-state index contributed by atoms with van der Waals surface area (Å²) in [7, 11) is 3.27. The van der Waals surface area contributed by atoms with Gasteiger partial charge in [0, 0.05) is 30.8 Å². The number of halogens is 1. The van der Waals surface area contributed by atoms with Crippen LogP contribution in [0.5, 0.6) is 5.75 Å². The van der Waals surface area contributed by atoms with E-state index in [0.717, 1.165) is 11.4 Å². The number of rotatable bonds is 5. The van der Waals surface area contributed by atoms with Gasteiger partial charge >= 0.3 is 0 Å². The van der Waals surface area contributed by atoms with Crippen LogP contribution in [0.4, 0.5) is 17.3 Å². The van der Waals surface area contributed by atoms with Crippen LogP contribution < -0.4 is 15.0 Å². The van der Waals surface area contributed by atoms with Gasteiger partial charge in [0.05, 0.1) is 17.7 Å². The van der Waals surface area contributed by atoms with Gasteiger partial charge in [-0.1, -0.05) is 29.8 Å². The first-order valence-electron chi connectivity index (χ1n) is 7.84. The van der Waals surface area contributed by atoms with Gasteiger partial charge in [0.2, 0.25) is 5.95 Å². The Morgan fingerprint density at radius 1 is 1.12 bits per heavy atom. The maximum absolute atomic E-state index is 12.5. The molecule has 6 nitrogen and oxygen atoms in total. The Bertz CT molecular complexity index is 901. The Labute approximate surface area is 156 Å². The van der Waals surface area contributed by atoms with Gasteiger partial charge in [-0.3, -0.25) is 4.79 Å². The zero-order chi connectivity index (χ0) is 18.5. The molecule has 0 saturated heterocycles. The zero-order valence-corrected chi connectivity index (χ0v) is 15.1. The van der Waals surface area contributed by atoms with Crippen molar-refractivity contribution >= 4 is 34.8 Å². The Hall–Kier alpha value is -3.12. The average molecular weight is 369 g/mol. The third-order valence-corrected chi connectivity index (χ3v) is 4.05. The van der Waals surface area contributed by atoms with E-state index in [1.807, 2.05) is 30.3 Å². The van der Waals surface area contributed by atoms with Crippen LogP contribution in [0.3, 0.4) is 0 Å². The van der Waals surface area contributed by atoms with Crippen LogP contribution in [-0.4, -0.2) is 30.0 Å². The van der Waals surface area contributed by atoms with E-state index in [9.17, 15) is 4.79 Å². The molecule has 1 aromatic heterocycles. The largest absolute Gasteiger partial charge is 0.495 e. The number of hydrogen-bond acceptors (Lipinski definition) is 5. The minimum Gasteiger partial charge on any atom is -0.495 e. The molecular formula is C19H17ClN4O2. The van der Waals surface area contributed by atoms with Crippen LogP contribution >= 0.6 is 11.6 Å². The van der Waals surface area contributed by atoms with E-state index >= 15 is 0 Å². The van der Waals surface area contributed by atoms with E-state index < -0.39 is 0 Å². The van der Waals surface area contributed by atoms with Crippen molar-refractivity contribution in [3.63, 3.8) is 0 Å². The van der Waals surface area contributed by atoms with Gasteiger partial charge in [-0.25, -0.2) is 9.97 Å². The SMILES string of the molecule is COc1ccc(Nc2ncc(C(=O)N(C)c3ccccc3)cn2)cc1Cl. The van der Waals surface area contributed by atoms with E-state index in [0.29, 0.717) is 22.3 Å². The molecule has 0 aliphatic rings. The molecule has 3 rings (SSSR count). The number of nitrogens with one attached hydrogen (secondary N) is 1. The number of amides is 1. The topological polar surface area (TPSA) is 67.3 Å². The molecule has 0 radical (unpaired) electrons. The number of anilines is 3. The van der Waals surface area contributed by atoms with Crippen molar-refractivity contribution in [2.24, 2.45) is 0 Å². The number of benzene rings is 2. The lowest BCUT2D eigenvalue weighted by Crippen LogP contribution is -2.26. The Morgan fingerprint density at radius 3 is 2.42 bits per heavy atom. The van der Waals surface area contributed by atoms with E-state index in [2.05, 4.69) is 15.3 Å². The van der Waals surface area contributed by atoms with Gasteiger partial charge in [0.15, 0.2) is 0 Å². The molecule has 7 heteroatoms. The molecule has 0 atom stereocenters. The van der Waals surface area contributed by atoms with Gasteiger partial charge in [0.1, 0.15) is 5.75 Å². The fraction of sp³-hybridized carbons (Fsp3) is 0.105. The van der Waals surface area contributed by atoms with Crippen molar-refractivity contribution < 1.29 is 9.53 Å². The van der Waals surface area contributed by atoms with Gasteiger partial charge in [-0.2, -0.15) is 0 Å². The predicted octanol–water partition coefficient (Wildman–Crippen LogP) is 4.16. The molecule has 2 aromatic carbocycles. The quantitative estimate of drug-likeness (QED) is 0.732. The molecule has 3 aromatic rings. The molecule has 0 spiro atoms. The molecule has 0 fully saturated rings. The molecular weight excluding hydrogens is 352 g/mol. The minimum absolute atomic E-state index is 0.185. The molecule has 1 N–H and O–H groups in total. The third kappa shape index (κ3) is 3.92. The fourth-order valence-electron chi connectivity index (χ4n) is 2.34. The summed E-state index contributed by atoms with van der Waals surface area (Å²) in [6.07, 6.45) is 2.98. The highest BCUT2D eigenvalue weighted by atomic mass is 35.5. The lowest BCUT2D eigenvalue weighted by Gasteiger charge is -2.17. The van der Waals surface area contributed by atoms with Crippen molar-refractivity contribution in [3.05, 3.63) is 71.5 Å². The molecule has 0 bridgehead atoms. The number of methoxy groups -OCH3 is 1. The summed E-state index contributed by atoms with van der Waals surface area (Å²) in [6.45, 7) is 0. The summed E-state index contributed by atoms with van der Waals surface area (Å²) in [5.74, 6) is 0.767. The molecule has 132 valence electrons. The molecule has 0 aliphatic heterocycles. The Morgan fingerprint density at radius 2 is 1.81 bits per heavy atom. The molecule has 0 unspecified atom stereocenters. The number of carbonyl (C=O) groups is 1. The minimum atomic E-state index is -0.185. The lowest BCUT2D eigenvalue weighted by molar-refractivity contribution is 0.0992. The normalized spacial score (nSPS) is 10.3. The zero-order valence-electron chi connectivity index (χ0n) is 14.3. The number of para-hydroxylation sites is 1. The van der Waals surface area contributed by atoms with Crippen LogP contribution in [0.2, 0.25) is 5.02 Å².